The van der Waals surface area contributed by atoms with Crippen molar-refractivity contribution >= 4 is 22.5 Å². The molecular formula is C19H17N5O. The van der Waals surface area contributed by atoms with E-state index in [2.05, 4.69) is 21.4 Å². The summed E-state index contributed by atoms with van der Waals surface area (Å²) in [7, 11) is 0. The maximum Gasteiger partial charge on any atom is 0.273 e. The minimum absolute atomic E-state index is 0.138. The Hall–Kier alpha value is -3.17. The third kappa shape index (κ3) is 2.75. The van der Waals surface area contributed by atoms with Crippen LogP contribution in [0.1, 0.15) is 33.7 Å². The number of para-hydroxylation sites is 1. The molecule has 0 spiro atoms. The highest BCUT2D eigenvalue weighted by Gasteiger charge is 2.20. The number of anilines is 1. The number of amides is 1. The highest BCUT2D eigenvalue weighted by Crippen LogP contribution is 2.24. The van der Waals surface area contributed by atoms with E-state index in [0.717, 1.165) is 41.4 Å². The van der Waals surface area contributed by atoms with E-state index in [0.29, 0.717) is 11.3 Å². The van der Waals surface area contributed by atoms with Crippen molar-refractivity contribution < 1.29 is 4.79 Å². The molecule has 0 saturated heterocycles. The number of nitrogens with one attached hydrogen (secondary N) is 2. The van der Waals surface area contributed by atoms with E-state index in [4.69, 9.17) is 5.73 Å². The van der Waals surface area contributed by atoms with Crippen LogP contribution in [0, 0.1) is 11.3 Å². The molecule has 2 heterocycles. The number of nitrogens with zero attached hydrogens (tertiary/aromatic N) is 2. The van der Waals surface area contributed by atoms with Crippen LogP contribution in [0.3, 0.4) is 0 Å². The van der Waals surface area contributed by atoms with Crippen LogP contribution in [0.25, 0.3) is 10.9 Å². The molecule has 0 saturated carbocycles. The lowest BCUT2D eigenvalue weighted by atomic mass is 9.92. The lowest BCUT2D eigenvalue weighted by molar-refractivity contribution is 0.102. The standard InChI is InChI=1S/C19H17N5O/c20-9-15-14-3-1-2-4-17(14)24-18(15)19(25)23-13-8-11-7-12(21)5-6-16(11)22-10-13/h1-4,8,10,12,24H,5-7,21H2,(H,23,25). The molecule has 1 aliphatic rings. The van der Waals surface area contributed by atoms with E-state index >= 15 is 0 Å². The first-order chi connectivity index (χ1) is 12.2. The van der Waals surface area contributed by atoms with Gasteiger partial charge in [0.15, 0.2) is 0 Å². The van der Waals surface area contributed by atoms with Gasteiger partial charge in [0.2, 0.25) is 0 Å². The van der Waals surface area contributed by atoms with Gasteiger partial charge in [0.05, 0.1) is 17.4 Å². The number of aromatic amines is 1. The smallest absolute Gasteiger partial charge is 0.273 e. The number of carbonyl (C=O) groups is 1. The number of aryl methyl sites for hydroxylation is 1. The molecule has 1 unspecified atom stereocenters. The minimum atomic E-state index is -0.352. The first-order valence-corrected chi connectivity index (χ1v) is 8.21. The van der Waals surface area contributed by atoms with Crippen molar-refractivity contribution in [1.29, 1.82) is 5.26 Å². The molecule has 2 aromatic heterocycles. The second kappa shape index (κ2) is 6.04. The van der Waals surface area contributed by atoms with Crippen molar-refractivity contribution in [2.75, 3.05) is 5.32 Å². The summed E-state index contributed by atoms with van der Waals surface area (Å²) < 4.78 is 0. The van der Waals surface area contributed by atoms with Gasteiger partial charge in [-0.15, -0.1) is 0 Å². The number of nitriles is 1. The number of fused-ring (bicyclic) bond motifs is 2. The molecule has 6 nitrogen and oxygen atoms in total. The molecule has 25 heavy (non-hydrogen) atoms. The predicted octanol–water partition coefficient (Wildman–Crippen LogP) is 2.50. The van der Waals surface area contributed by atoms with Crippen LogP contribution in [0.15, 0.2) is 36.5 Å². The SMILES string of the molecule is N#Cc1c(C(=O)Nc2cnc3c(c2)CC(N)CC3)[nH]c2ccccc12. The zero-order valence-electron chi connectivity index (χ0n) is 13.5. The Balaban J connectivity index is 1.65. The largest absolute Gasteiger partial charge is 0.349 e. The second-order valence-electron chi connectivity index (χ2n) is 6.32. The lowest BCUT2D eigenvalue weighted by Crippen LogP contribution is -2.28. The van der Waals surface area contributed by atoms with Crippen molar-refractivity contribution in [1.82, 2.24) is 9.97 Å². The van der Waals surface area contributed by atoms with Crippen LogP contribution in [-0.2, 0) is 12.8 Å². The average Bonchev–Trinajstić information content (AvgIpc) is 3.00. The first kappa shape index (κ1) is 15.4. The Labute approximate surface area is 144 Å². The second-order valence-corrected chi connectivity index (χ2v) is 6.32. The monoisotopic (exact) mass is 331 g/mol. The predicted molar refractivity (Wildman–Crippen MR) is 95.2 cm³/mol. The van der Waals surface area contributed by atoms with Gasteiger partial charge in [-0.3, -0.25) is 9.78 Å². The maximum absolute atomic E-state index is 12.6. The van der Waals surface area contributed by atoms with E-state index in [1.54, 1.807) is 6.20 Å². The summed E-state index contributed by atoms with van der Waals surface area (Å²) in [6.45, 7) is 0. The fourth-order valence-electron chi connectivity index (χ4n) is 3.34. The number of nitrogens with two attached hydrogens (primary N) is 1. The molecule has 1 amide bonds. The van der Waals surface area contributed by atoms with E-state index in [-0.39, 0.29) is 17.6 Å². The van der Waals surface area contributed by atoms with Crippen molar-refractivity contribution in [2.45, 2.75) is 25.3 Å². The van der Waals surface area contributed by atoms with E-state index in [1.165, 1.54) is 0 Å². The molecule has 6 heteroatoms. The van der Waals surface area contributed by atoms with Crippen LogP contribution >= 0.6 is 0 Å². The number of hydrogen-bond donors (Lipinski definition) is 3. The van der Waals surface area contributed by atoms with Gasteiger partial charge in [0.25, 0.3) is 5.91 Å². The highest BCUT2D eigenvalue weighted by molar-refractivity contribution is 6.09. The van der Waals surface area contributed by atoms with E-state index < -0.39 is 0 Å². The summed E-state index contributed by atoms with van der Waals surface area (Å²) in [6.07, 6.45) is 4.22. The molecule has 4 N–H and O–H groups in total. The molecule has 0 fully saturated rings. The summed E-state index contributed by atoms with van der Waals surface area (Å²) in [4.78, 5) is 20.1. The Morgan fingerprint density at radius 2 is 2.24 bits per heavy atom. The molecule has 3 aromatic rings. The summed E-state index contributed by atoms with van der Waals surface area (Å²) >= 11 is 0. The van der Waals surface area contributed by atoms with Crippen molar-refractivity contribution in [3.63, 3.8) is 0 Å². The fraction of sp³-hybridized carbons (Fsp3) is 0.211. The Kier molecular flexibility index (Phi) is 3.71. The highest BCUT2D eigenvalue weighted by atomic mass is 16.1. The summed E-state index contributed by atoms with van der Waals surface area (Å²) in [5.74, 6) is -0.352. The average molecular weight is 331 g/mol. The molecule has 0 bridgehead atoms. The van der Waals surface area contributed by atoms with Crippen LogP contribution < -0.4 is 11.1 Å². The molecule has 4 rings (SSSR count). The Morgan fingerprint density at radius 3 is 3.08 bits per heavy atom. The minimum Gasteiger partial charge on any atom is -0.349 e. The number of pyridine rings is 1. The van der Waals surface area contributed by atoms with Gasteiger partial charge in [-0.2, -0.15) is 5.26 Å². The summed E-state index contributed by atoms with van der Waals surface area (Å²) in [6, 6.07) is 11.5. The number of benzene rings is 1. The number of H-pyrrole nitrogens is 1. The van der Waals surface area contributed by atoms with Crippen molar-refractivity contribution in [3.05, 3.63) is 59.0 Å². The van der Waals surface area contributed by atoms with Gasteiger partial charge in [-0.25, -0.2) is 0 Å². The van der Waals surface area contributed by atoms with Gasteiger partial charge in [-0.05, 0) is 37.0 Å². The zero-order valence-corrected chi connectivity index (χ0v) is 13.5. The van der Waals surface area contributed by atoms with Crippen LogP contribution in [-0.4, -0.2) is 21.9 Å². The quantitative estimate of drug-likeness (QED) is 0.670. The number of aromatic nitrogens is 2. The lowest BCUT2D eigenvalue weighted by Gasteiger charge is -2.21. The summed E-state index contributed by atoms with van der Waals surface area (Å²) in [5, 5.41) is 13.0. The third-order valence-electron chi connectivity index (χ3n) is 4.60. The van der Waals surface area contributed by atoms with Gasteiger partial charge in [-0.1, -0.05) is 18.2 Å². The first-order valence-electron chi connectivity index (χ1n) is 8.21. The molecule has 1 aromatic carbocycles. The Morgan fingerprint density at radius 1 is 1.40 bits per heavy atom. The van der Waals surface area contributed by atoms with Crippen molar-refractivity contribution in [3.8, 4) is 6.07 Å². The van der Waals surface area contributed by atoms with Crippen LogP contribution in [0.5, 0.6) is 0 Å². The number of rotatable bonds is 2. The summed E-state index contributed by atoms with van der Waals surface area (Å²) in [5.41, 5.74) is 10.1. The molecule has 0 radical (unpaired) electrons. The van der Waals surface area contributed by atoms with Gasteiger partial charge >= 0.3 is 0 Å². The van der Waals surface area contributed by atoms with E-state index in [1.807, 2.05) is 30.3 Å². The molecule has 124 valence electrons. The van der Waals surface area contributed by atoms with E-state index in [9.17, 15) is 10.1 Å². The van der Waals surface area contributed by atoms with Gasteiger partial charge in [0.1, 0.15) is 11.8 Å². The van der Waals surface area contributed by atoms with Crippen LogP contribution in [0.2, 0.25) is 0 Å². The maximum atomic E-state index is 12.6. The molecule has 1 aliphatic carbocycles. The Bertz CT molecular complexity index is 1010. The topological polar surface area (TPSA) is 108 Å². The van der Waals surface area contributed by atoms with Crippen molar-refractivity contribution in [2.24, 2.45) is 5.73 Å². The molecular weight excluding hydrogens is 314 g/mol. The zero-order chi connectivity index (χ0) is 17.4. The number of hydrogen-bond acceptors (Lipinski definition) is 4. The van der Waals surface area contributed by atoms with Crippen LogP contribution in [0.4, 0.5) is 5.69 Å². The fourth-order valence-corrected chi connectivity index (χ4v) is 3.34. The van der Waals surface area contributed by atoms with Gasteiger partial charge in [0, 0.05) is 22.6 Å². The molecule has 0 aliphatic heterocycles. The number of carbonyl (C=O) groups excluding carboxylic acids is 1. The molecule has 1 atom stereocenters. The van der Waals surface area contributed by atoms with Gasteiger partial charge < -0.3 is 16.0 Å². The third-order valence-corrected chi connectivity index (χ3v) is 4.60. The normalized spacial score (nSPS) is 16.2.